The minimum Gasteiger partial charge on any atom is -0.486 e. The average molecular weight is 530 g/mol. The molecule has 0 saturated carbocycles. The summed E-state index contributed by atoms with van der Waals surface area (Å²) in [5.41, 5.74) is 3.19. The Bertz CT molecular complexity index is 1320. The number of hydrogen-bond donors (Lipinski definition) is 1. The highest BCUT2D eigenvalue weighted by atomic mass is 35.5. The van der Waals surface area contributed by atoms with Crippen molar-refractivity contribution in [3.8, 4) is 11.5 Å². The average Bonchev–Trinajstić information content (AvgIpc) is 3.33. The molecule has 0 aromatic heterocycles. The number of carbonyl (C=O) groups is 1. The molecule has 190 valence electrons. The van der Waals surface area contributed by atoms with Crippen LogP contribution in [0.25, 0.3) is 0 Å². The van der Waals surface area contributed by atoms with Crippen molar-refractivity contribution in [2.24, 2.45) is 0 Å². The van der Waals surface area contributed by atoms with Gasteiger partial charge in [0.05, 0.1) is 10.8 Å². The van der Waals surface area contributed by atoms with E-state index in [1.165, 1.54) is 10.4 Å². The lowest BCUT2D eigenvalue weighted by Crippen LogP contribution is -2.53. The topological polar surface area (TPSA) is 88.2 Å². The van der Waals surface area contributed by atoms with E-state index in [4.69, 9.17) is 21.1 Å². The van der Waals surface area contributed by atoms with E-state index in [9.17, 15) is 13.2 Å². The van der Waals surface area contributed by atoms with Crippen molar-refractivity contribution in [3.05, 3.63) is 64.2 Å². The zero-order valence-corrected chi connectivity index (χ0v) is 21.4. The standard InChI is InChI=1S/C26H28ClN3O5S/c27-20-4-1-3-17(11-20)25(22-5-2-8-28-22)26(31)29-13-18(14-29)19-15-30(16-19)36(32,33)21-6-7-23-24(12-21)35-10-9-34-23/h1,3-4,6-7,11-12,22,25,28H,2,5,8-10,13-16H2. The van der Waals surface area contributed by atoms with Gasteiger partial charge in [-0.2, -0.15) is 4.31 Å². The van der Waals surface area contributed by atoms with E-state index >= 15 is 0 Å². The molecular weight excluding hydrogens is 502 g/mol. The van der Waals surface area contributed by atoms with Crippen molar-refractivity contribution in [1.82, 2.24) is 14.5 Å². The Labute approximate surface area is 215 Å². The van der Waals surface area contributed by atoms with Gasteiger partial charge in [0.1, 0.15) is 13.2 Å². The van der Waals surface area contributed by atoms with Gasteiger partial charge >= 0.3 is 0 Å². The van der Waals surface area contributed by atoms with E-state index in [-0.39, 0.29) is 22.8 Å². The summed E-state index contributed by atoms with van der Waals surface area (Å²) >= 11 is 6.23. The molecule has 1 N–H and O–H groups in total. The Morgan fingerprint density at radius 1 is 1.00 bits per heavy atom. The smallest absolute Gasteiger partial charge is 0.243 e. The number of carbonyl (C=O) groups excluding carboxylic acids is 1. The van der Waals surface area contributed by atoms with Gasteiger partial charge in [-0.05, 0) is 60.4 Å². The summed E-state index contributed by atoms with van der Waals surface area (Å²) in [6.45, 7) is 3.59. The molecule has 0 bridgehead atoms. The molecule has 6 rings (SSSR count). The fourth-order valence-electron chi connectivity index (χ4n) is 5.34. The van der Waals surface area contributed by atoms with Crippen LogP contribution in [-0.2, 0) is 14.8 Å². The molecule has 4 aliphatic heterocycles. The van der Waals surface area contributed by atoms with E-state index in [0.29, 0.717) is 55.9 Å². The highest BCUT2D eigenvalue weighted by Gasteiger charge is 2.41. The summed E-state index contributed by atoms with van der Waals surface area (Å²) in [5.74, 6) is 0.850. The van der Waals surface area contributed by atoms with Crippen molar-refractivity contribution in [1.29, 1.82) is 0 Å². The summed E-state index contributed by atoms with van der Waals surface area (Å²) in [7, 11) is -3.62. The molecule has 1 amide bonds. The first-order valence-corrected chi connectivity index (χ1v) is 14.1. The Hall–Kier alpha value is -2.59. The number of amides is 1. The van der Waals surface area contributed by atoms with Crippen LogP contribution < -0.4 is 14.8 Å². The van der Waals surface area contributed by atoms with Gasteiger partial charge in [-0.15, -0.1) is 0 Å². The minimum absolute atomic E-state index is 0.0982. The van der Waals surface area contributed by atoms with Gasteiger partial charge in [-0.1, -0.05) is 23.7 Å². The second-order valence-corrected chi connectivity index (χ2v) is 12.1. The number of fused-ring (bicyclic) bond motifs is 1. The first kappa shape index (κ1) is 23.8. The molecule has 2 atom stereocenters. The van der Waals surface area contributed by atoms with Gasteiger partial charge in [-0.3, -0.25) is 4.79 Å². The largest absolute Gasteiger partial charge is 0.486 e. The zero-order valence-electron chi connectivity index (χ0n) is 19.8. The third kappa shape index (κ3) is 4.28. The fourth-order valence-corrected chi connectivity index (χ4v) is 6.98. The third-order valence-electron chi connectivity index (χ3n) is 7.44. The summed E-state index contributed by atoms with van der Waals surface area (Å²) in [4.78, 5) is 15.6. The lowest BCUT2D eigenvalue weighted by molar-refractivity contribution is -0.134. The first-order valence-electron chi connectivity index (χ1n) is 12.3. The van der Waals surface area contributed by atoms with Gasteiger partial charge < -0.3 is 19.7 Å². The highest BCUT2D eigenvalue weighted by Crippen LogP contribution is 2.37. The van der Waals surface area contributed by atoms with E-state index in [1.54, 1.807) is 12.1 Å². The fraction of sp³-hybridized carbons (Fsp3) is 0.423. The number of nitrogens with zero attached hydrogens (tertiary/aromatic N) is 2. The van der Waals surface area contributed by atoms with Crippen LogP contribution in [0, 0.1) is 0 Å². The van der Waals surface area contributed by atoms with Crippen LogP contribution in [0.3, 0.4) is 0 Å². The Morgan fingerprint density at radius 2 is 1.75 bits per heavy atom. The summed E-state index contributed by atoms with van der Waals surface area (Å²) in [6.07, 6.45) is 2.01. The predicted octanol–water partition coefficient (Wildman–Crippen LogP) is 2.79. The normalized spacial score (nSPS) is 22.7. The van der Waals surface area contributed by atoms with E-state index in [2.05, 4.69) is 5.32 Å². The van der Waals surface area contributed by atoms with Gasteiger partial charge in [0.25, 0.3) is 0 Å². The van der Waals surface area contributed by atoms with Gasteiger partial charge in [0.2, 0.25) is 15.9 Å². The first-order chi connectivity index (χ1) is 17.4. The zero-order chi connectivity index (χ0) is 24.9. The number of sulfonamides is 1. The number of halogens is 1. The summed E-state index contributed by atoms with van der Waals surface area (Å²) < 4.78 is 38.7. The second kappa shape index (κ2) is 9.37. The molecule has 2 aromatic carbocycles. The van der Waals surface area contributed by atoms with Crippen molar-refractivity contribution >= 4 is 27.5 Å². The Kier molecular flexibility index (Phi) is 6.19. The second-order valence-electron chi connectivity index (χ2n) is 9.72. The highest BCUT2D eigenvalue weighted by molar-refractivity contribution is 7.89. The number of hydrogen-bond acceptors (Lipinski definition) is 6. The molecule has 3 fully saturated rings. The number of rotatable bonds is 5. The minimum atomic E-state index is -3.62. The molecule has 2 unspecified atom stereocenters. The maximum absolute atomic E-state index is 13.5. The molecule has 4 heterocycles. The van der Waals surface area contributed by atoms with Crippen molar-refractivity contribution in [3.63, 3.8) is 0 Å². The molecule has 0 radical (unpaired) electrons. The lowest BCUT2D eigenvalue weighted by atomic mass is 9.87. The molecule has 2 aromatic rings. The van der Waals surface area contributed by atoms with Crippen LogP contribution in [0.2, 0.25) is 5.02 Å². The van der Waals surface area contributed by atoms with Crippen LogP contribution in [0.5, 0.6) is 11.5 Å². The number of ether oxygens (including phenoxy) is 2. The van der Waals surface area contributed by atoms with Crippen molar-refractivity contribution in [2.75, 3.05) is 45.9 Å². The maximum atomic E-state index is 13.5. The molecule has 10 heteroatoms. The Balaban J connectivity index is 1.12. The van der Waals surface area contributed by atoms with Gasteiger partial charge in [-0.25, -0.2) is 8.42 Å². The van der Waals surface area contributed by atoms with Crippen molar-refractivity contribution < 1.29 is 22.7 Å². The van der Waals surface area contributed by atoms with Crippen LogP contribution in [0.1, 0.15) is 24.3 Å². The maximum Gasteiger partial charge on any atom is 0.243 e. The van der Waals surface area contributed by atoms with E-state index in [1.807, 2.05) is 29.2 Å². The van der Waals surface area contributed by atoms with Crippen LogP contribution in [0.4, 0.5) is 0 Å². The molecular formula is C26H28ClN3O5S. The number of benzene rings is 2. The summed E-state index contributed by atoms with van der Waals surface area (Å²) in [5, 5.41) is 4.11. The molecule has 8 nitrogen and oxygen atoms in total. The molecule has 0 spiro atoms. The molecule has 0 aliphatic carbocycles. The van der Waals surface area contributed by atoms with Crippen LogP contribution >= 0.6 is 11.6 Å². The summed E-state index contributed by atoms with van der Waals surface area (Å²) in [6, 6.07) is 12.4. The van der Waals surface area contributed by atoms with Crippen molar-refractivity contribution in [2.45, 2.75) is 29.7 Å². The molecule has 3 saturated heterocycles. The SMILES string of the molecule is O=C(C(c1cccc(Cl)c1)C1CCCN1)N1CC(=C2CN(S(=O)(=O)c3ccc4c(c3)OCCO4)C2)C1. The quantitative estimate of drug-likeness (QED) is 0.599. The lowest BCUT2D eigenvalue weighted by Gasteiger charge is -2.43. The third-order valence-corrected chi connectivity index (χ3v) is 9.46. The van der Waals surface area contributed by atoms with E-state index in [0.717, 1.165) is 36.1 Å². The van der Waals surface area contributed by atoms with Gasteiger partial charge in [0.15, 0.2) is 11.5 Å². The van der Waals surface area contributed by atoms with Crippen LogP contribution in [0.15, 0.2) is 58.5 Å². The molecule has 4 aliphatic rings. The monoisotopic (exact) mass is 529 g/mol. The van der Waals surface area contributed by atoms with Crippen LogP contribution in [-0.4, -0.2) is 75.5 Å². The predicted molar refractivity (Wildman–Crippen MR) is 135 cm³/mol. The number of nitrogens with one attached hydrogen (secondary N) is 1. The van der Waals surface area contributed by atoms with Gasteiger partial charge in [0, 0.05) is 43.3 Å². The van der Waals surface area contributed by atoms with E-state index < -0.39 is 10.0 Å². The molecule has 36 heavy (non-hydrogen) atoms. The Morgan fingerprint density at radius 3 is 2.47 bits per heavy atom. The number of likely N-dealkylation sites (tertiary alicyclic amines) is 1.